The fourth-order valence-electron chi connectivity index (χ4n) is 2.91. The van der Waals surface area contributed by atoms with Crippen molar-refractivity contribution in [1.29, 1.82) is 0 Å². The smallest absolute Gasteiger partial charge is 0.107 e. The van der Waals surface area contributed by atoms with Gasteiger partial charge in [-0.25, -0.2) is 0 Å². The molecule has 84 valence electrons. The average Bonchev–Trinajstić information content (AvgIpc) is 2.86. The van der Waals surface area contributed by atoms with Crippen LogP contribution < -0.4 is 0 Å². The normalized spacial score (nSPS) is 32.2. The molecule has 2 aliphatic rings. The molecular formula is C14H17NO. The summed E-state index contributed by atoms with van der Waals surface area (Å²) in [5.41, 5.74) is 2.77. The molecule has 2 heteroatoms. The van der Waals surface area contributed by atoms with E-state index >= 15 is 0 Å². The SMILES string of the molecule is O[C@@H]1CC[C@@H]2/C(=C/c3ccccc3)CCN12. The highest BCUT2D eigenvalue weighted by Crippen LogP contribution is 2.36. The van der Waals surface area contributed by atoms with Gasteiger partial charge in [0.15, 0.2) is 0 Å². The van der Waals surface area contributed by atoms with Crippen molar-refractivity contribution >= 4 is 6.08 Å². The molecular weight excluding hydrogens is 198 g/mol. The number of benzene rings is 1. The number of nitrogens with zero attached hydrogens (tertiary/aromatic N) is 1. The summed E-state index contributed by atoms with van der Waals surface area (Å²) in [6.45, 7) is 1.02. The molecule has 1 N–H and O–H groups in total. The fraction of sp³-hybridized carbons (Fsp3) is 0.429. The van der Waals surface area contributed by atoms with Crippen LogP contribution in [0.25, 0.3) is 6.08 Å². The van der Waals surface area contributed by atoms with Gasteiger partial charge >= 0.3 is 0 Å². The van der Waals surface area contributed by atoms with E-state index in [0.717, 1.165) is 25.8 Å². The molecule has 1 aromatic rings. The highest BCUT2D eigenvalue weighted by molar-refractivity contribution is 5.55. The molecule has 0 amide bonds. The van der Waals surface area contributed by atoms with Crippen molar-refractivity contribution in [2.24, 2.45) is 0 Å². The van der Waals surface area contributed by atoms with Crippen LogP contribution in [0.4, 0.5) is 0 Å². The van der Waals surface area contributed by atoms with Gasteiger partial charge in [-0.15, -0.1) is 0 Å². The highest BCUT2D eigenvalue weighted by Gasteiger charge is 2.38. The third-order valence-electron chi connectivity index (χ3n) is 3.72. The van der Waals surface area contributed by atoms with Gasteiger partial charge in [-0.05, 0) is 24.8 Å². The molecule has 0 saturated carbocycles. The van der Waals surface area contributed by atoms with Crippen LogP contribution in [0.2, 0.25) is 0 Å². The molecule has 2 atom stereocenters. The van der Waals surface area contributed by atoms with E-state index < -0.39 is 0 Å². The van der Waals surface area contributed by atoms with E-state index in [9.17, 15) is 5.11 Å². The molecule has 2 fully saturated rings. The minimum Gasteiger partial charge on any atom is -0.378 e. The van der Waals surface area contributed by atoms with Gasteiger partial charge in [-0.1, -0.05) is 42.0 Å². The Morgan fingerprint density at radius 2 is 2.00 bits per heavy atom. The van der Waals surface area contributed by atoms with Gasteiger partial charge in [0, 0.05) is 12.6 Å². The van der Waals surface area contributed by atoms with Crippen LogP contribution in [0, 0.1) is 0 Å². The van der Waals surface area contributed by atoms with E-state index in [4.69, 9.17) is 0 Å². The zero-order chi connectivity index (χ0) is 11.0. The number of aliphatic hydroxyl groups is 1. The standard InChI is InChI=1S/C14H17NO/c16-14-7-6-13-12(8-9-15(13)14)10-11-4-2-1-3-5-11/h1-5,10,13-14,16H,6-9H2/b12-10+/t13-,14-/m1/s1. The Kier molecular flexibility index (Phi) is 2.54. The van der Waals surface area contributed by atoms with Gasteiger partial charge in [-0.3, -0.25) is 4.90 Å². The lowest BCUT2D eigenvalue weighted by molar-refractivity contribution is 0.0380. The summed E-state index contributed by atoms with van der Waals surface area (Å²) in [7, 11) is 0. The summed E-state index contributed by atoms with van der Waals surface area (Å²) < 4.78 is 0. The molecule has 0 unspecified atom stereocenters. The predicted molar refractivity (Wildman–Crippen MR) is 64.8 cm³/mol. The Bertz CT molecular complexity index is 398. The molecule has 2 aliphatic heterocycles. The molecule has 1 aromatic carbocycles. The minimum absolute atomic E-state index is 0.202. The van der Waals surface area contributed by atoms with E-state index in [1.54, 1.807) is 0 Å². The van der Waals surface area contributed by atoms with Crippen molar-refractivity contribution in [3.05, 3.63) is 41.5 Å². The number of hydrogen-bond donors (Lipinski definition) is 1. The van der Waals surface area contributed by atoms with Gasteiger partial charge < -0.3 is 5.11 Å². The lowest BCUT2D eigenvalue weighted by Gasteiger charge is -2.18. The van der Waals surface area contributed by atoms with Gasteiger partial charge in [0.1, 0.15) is 6.23 Å². The Morgan fingerprint density at radius 1 is 1.19 bits per heavy atom. The molecule has 2 nitrogen and oxygen atoms in total. The average molecular weight is 215 g/mol. The zero-order valence-electron chi connectivity index (χ0n) is 9.34. The first kappa shape index (κ1) is 10.1. The van der Waals surface area contributed by atoms with Gasteiger partial charge in [0.2, 0.25) is 0 Å². The summed E-state index contributed by atoms with van der Waals surface area (Å²) >= 11 is 0. The summed E-state index contributed by atoms with van der Waals surface area (Å²) in [5, 5.41) is 9.78. The Balaban J connectivity index is 1.84. The van der Waals surface area contributed by atoms with Crippen LogP contribution >= 0.6 is 0 Å². The van der Waals surface area contributed by atoms with Gasteiger partial charge in [0.25, 0.3) is 0 Å². The largest absolute Gasteiger partial charge is 0.378 e. The minimum atomic E-state index is -0.202. The summed E-state index contributed by atoms with van der Waals surface area (Å²) in [5.74, 6) is 0. The van der Waals surface area contributed by atoms with Crippen LogP contribution in [0.3, 0.4) is 0 Å². The highest BCUT2D eigenvalue weighted by atomic mass is 16.3. The fourth-order valence-corrected chi connectivity index (χ4v) is 2.91. The van der Waals surface area contributed by atoms with Crippen molar-refractivity contribution < 1.29 is 5.11 Å². The maximum atomic E-state index is 9.78. The molecule has 2 saturated heterocycles. The van der Waals surface area contributed by atoms with E-state index in [2.05, 4.69) is 35.2 Å². The Hall–Kier alpha value is -1.12. The van der Waals surface area contributed by atoms with E-state index in [1.807, 2.05) is 6.07 Å². The molecule has 0 spiro atoms. The first-order chi connectivity index (χ1) is 7.84. The van der Waals surface area contributed by atoms with E-state index in [-0.39, 0.29) is 6.23 Å². The van der Waals surface area contributed by atoms with Crippen molar-refractivity contribution in [2.45, 2.75) is 31.5 Å². The van der Waals surface area contributed by atoms with Crippen LogP contribution in [-0.4, -0.2) is 28.8 Å². The van der Waals surface area contributed by atoms with Crippen LogP contribution in [0.15, 0.2) is 35.9 Å². The van der Waals surface area contributed by atoms with Crippen LogP contribution in [0.5, 0.6) is 0 Å². The lowest BCUT2D eigenvalue weighted by atomic mass is 10.0. The third kappa shape index (κ3) is 1.68. The predicted octanol–water partition coefficient (Wildman–Crippen LogP) is 2.26. The summed E-state index contributed by atoms with van der Waals surface area (Å²) in [4.78, 5) is 2.23. The van der Waals surface area contributed by atoms with Crippen LogP contribution in [-0.2, 0) is 0 Å². The van der Waals surface area contributed by atoms with Crippen LogP contribution in [0.1, 0.15) is 24.8 Å². The second-order valence-electron chi connectivity index (χ2n) is 4.69. The van der Waals surface area contributed by atoms with Gasteiger partial charge in [-0.2, -0.15) is 0 Å². The molecule has 0 bridgehead atoms. The quantitative estimate of drug-likeness (QED) is 0.776. The summed E-state index contributed by atoms with van der Waals surface area (Å²) in [6.07, 6.45) is 5.24. The topological polar surface area (TPSA) is 23.5 Å². The van der Waals surface area contributed by atoms with Crippen molar-refractivity contribution in [1.82, 2.24) is 4.90 Å². The maximum Gasteiger partial charge on any atom is 0.107 e. The zero-order valence-corrected chi connectivity index (χ0v) is 9.34. The summed E-state index contributed by atoms with van der Waals surface area (Å²) in [6, 6.07) is 11.0. The molecule has 3 rings (SSSR count). The second-order valence-corrected chi connectivity index (χ2v) is 4.69. The number of fused-ring (bicyclic) bond motifs is 1. The Labute approximate surface area is 96.2 Å². The number of aliphatic hydroxyl groups excluding tert-OH is 1. The third-order valence-corrected chi connectivity index (χ3v) is 3.72. The molecule has 0 aliphatic carbocycles. The number of rotatable bonds is 1. The van der Waals surface area contributed by atoms with E-state index in [1.165, 1.54) is 11.1 Å². The van der Waals surface area contributed by atoms with Crippen molar-refractivity contribution in [2.75, 3.05) is 6.54 Å². The van der Waals surface area contributed by atoms with Gasteiger partial charge in [0.05, 0.1) is 0 Å². The maximum absolute atomic E-state index is 9.78. The van der Waals surface area contributed by atoms with E-state index in [0.29, 0.717) is 6.04 Å². The first-order valence-corrected chi connectivity index (χ1v) is 6.04. The molecule has 0 radical (unpaired) electrons. The Morgan fingerprint density at radius 3 is 2.81 bits per heavy atom. The van der Waals surface area contributed by atoms with Crippen molar-refractivity contribution in [3.63, 3.8) is 0 Å². The number of hydrogen-bond acceptors (Lipinski definition) is 2. The molecule has 2 heterocycles. The first-order valence-electron chi connectivity index (χ1n) is 6.04. The molecule has 16 heavy (non-hydrogen) atoms. The monoisotopic (exact) mass is 215 g/mol. The second kappa shape index (κ2) is 4.04. The van der Waals surface area contributed by atoms with Crippen molar-refractivity contribution in [3.8, 4) is 0 Å². The lowest BCUT2D eigenvalue weighted by Crippen LogP contribution is -2.31. The molecule has 0 aromatic heterocycles.